The number of hydrogen-bond acceptors (Lipinski definition) is 5. The number of nitriles is 1. The van der Waals surface area contributed by atoms with Crippen LogP contribution in [-0.4, -0.2) is 59.4 Å². The zero-order valence-electron chi connectivity index (χ0n) is 18.1. The van der Waals surface area contributed by atoms with E-state index in [4.69, 9.17) is 16.3 Å². The molecule has 0 radical (unpaired) electrons. The van der Waals surface area contributed by atoms with Gasteiger partial charge in [0, 0.05) is 6.54 Å². The van der Waals surface area contributed by atoms with Gasteiger partial charge in [-0.15, -0.1) is 0 Å². The topological polar surface area (TPSA) is 94.0 Å². The second kappa shape index (κ2) is 7.78. The number of imide groups is 1. The third kappa shape index (κ3) is 3.15. The normalized spacial score (nSPS) is 23.2. The molecule has 3 aliphatic heterocycles. The Morgan fingerprint density at radius 2 is 2.06 bits per heavy atom. The number of benzene rings is 2. The van der Waals surface area contributed by atoms with Crippen LogP contribution < -0.4 is 9.64 Å². The van der Waals surface area contributed by atoms with Crippen molar-refractivity contribution in [3.63, 3.8) is 0 Å². The highest BCUT2D eigenvalue weighted by atomic mass is 35.5. The number of methoxy groups -OCH3 is 1. The minimum absolute atomic E-state index is 0.0771. The fourth-order valence-electron chi connectivity index (χ4n) is 5.23. The van der Waals surface area contributed by atoms with E-state index in [9.17, 15) is 19.6 Å². The largest absolute Gasteiger partial charge is 0.497 e. The molecule has 0 saturated carbocycles. The monoisotopic (exact) mass is 464 g/mol. The van der Waals surface area contributed by atoms with Gasteiger partial charge in [-0.05, 0) is 48.7 Å². The van der Waals surface area contributed by atoms with Gasteiger partial charge >= 0.3 is 6.03 Å². The number of nitrogens with zero attached hydrogens (tertiary/aromatic N) is 4. The zero-order chi connectivity index (χ0) is 23.4. The highest BCUT2D eigenvalue weighted by Gasteiger charge is 2.62. The molecule has 2 aromatic rings. The van der Waals surface area contributed by atoms with Gasteiger partial charge in [0.25, 0.3) is 5.91 Å². The van der Waals surface area contributed by atoms with Crippen molar-refractivity contribution >= 4 is 35.1 Å². The van der Waals surface area contributed by atoms with Crippen LogP contribution in [0.1, 0.15) is 23.1 Å². The van der Waals surface area contributed by atoms with Gasteiger partial charge in [-0.2, -0.15) is 5.26 Å². The molecule has 5 rings (SSSR count). The first-order valence-electron chi connectivity index (χ1n) is 10.6. The number of likely N-dealkylation sites (tertiary alicyclic amines) is 1. The summed E-state index contributed by atoms with van der Waals surface area (Å²) >= 11 is 6.28. The maximum absolute atomic E-state index is 13.4. The van der Waals surface area contributed by atoms with Crippen molar-refractivity contribution in [1.82, 2.24) is 9.80 Å². The number of anilines is 1. The Bertz CT molecular complexity index is 1240. The van der Waals surface area contributed by atoms with Crippen molar-refractivity contribution in [2.45, 2.75) is 37.9 Å². The van der Waals surface area contributed by atoms with Gasteiger partial charge in [0.1, 0.15) is 17.9 Å². The van der Waals surface area contributed by atoms with Gasteiger partial charge in [-0.1, -0.05) is 23.7 Å². The Hall–Kier alpha value is -3.57. The number of hydrogen-bond donors (Lipinski definition) is 0. The van der Waals surface area contributed by atoms with Crippen LogP contribution in [0.3, 0.4) is 0 Å². The first-order chi connectivity index (χ1) is 15.8. The molecule has 3 heterocycles. The van der Waals surface area contributed by atoms with Crippen molar-refractivity contribution in [1.29, 1.82) is 5.26 Å². The van der Waals surface area contributed by atoms with Crippen molar-refractivity contribution in [2.24, 2.45) is 0 Å². The third-order valence-electron chi connectivity index (χ3n) is 6.79. The van der Waals surface area contributed by atoms with Crippen LogP contribution in [0.15, 0.2) is 36.4 Å². The van der Waals surface area contributed by atoms with E-state index in [0.29, 0.717) is 30.0 Å². The van der Waals surface area contributed by atoms with Crippen LogP contribution in [-0.2, 0) is 16.0 Å². The summed E-state index contributed by atoms with van der Waals surface area (Å²) < 4.78 is 5.23. The molecule has 0 spiro atoms. The fraction of sp³-hybridized carbons (Fsp3) is 0.333. The van der Waals surface area contributed by atoms with E-state index in [1.165, 1.54) is 6.07 Å². The average molecular weight is 465 g/mol. The standard InChI is InChI=1S/C24H21ClN4O4/c1-13-18(7-6-15(11-26)21(13)25)29-23(31)22-19-10-16(28(22)24(29)32)12-27(19)20(30)9-14-4-3-5-17(8-14)33-2/h3-8,16,19,22H,9-10,12H2,1-2H3/t16-,19?,22+/m1/s1. The molecule has 168 valence electrons. The number of fused-ring (bicyclic) bond motifs is 5. The van der Waals surface area contributed by atoms with Crippen LogP contribution in [0.4, 0.5) is 10.5 Å². The Balaban J connectivity index is 1.40. The zero-order valence-corrected chi connectivity index (χ0v) is 18.9. The van der Waals surface area contributed by atoms with Crippen molar-refractivity contribution in [3.05, 3.63) is 58.1 Å². The van der Waals surface area contributed by atoms with Crippen molar-refractivity contribution < 1.29 is 19.1 Å². The molecule has 0 aliphatic carbocycles. The lowest BCUT2D eigenvalue weighted by atomic mass is 10.1. The van der Waals surface area contributed by atoms with Gasteiger partial charge < -0.3 is 14.5 Å². The second-order valence-electron chi connectivity index (χ2n) is 8.52. The van der Waals surface area contributed by atoms with E-state index in [2.05, 4.69) is 0 Å². The summed E-state index contributed by atoms with van der Waals surface area (Å²) in [7, 11) is 1.58. The molecule has 2 bridgehead atoms. The molecule has 8 nitrogen and oxygen atoms in total. The Kier molecular flexibility index (Phi) is 5.02. The summed E-state index contributed by atoms with van der Waals surface area (Å²) in [4.78, 5) is 44.3. The van der Waals surface area contributed by atoms with Crippen LogP contribution in [0.2, 0.25) is 5.02 Å². The summed E-state index contributed by atoms with van der Waals surface area (Å²) in [6.45, 7) is 2.09. The Labute approximate surface area is 195 Å². The highest BCUT2D eigenvalue weighted by Crippen LogP contribution is 2.43. The molecule has 33 heavy (non-hydrogen) atoms. The smallest absolute Gasteiger partial charge is 0.332 e. The molecule has 3 atom stereocenters. The lowest BCUT2D eigenvalue weighted by molar-refractivity contribution is -0.135. The van der Waals surface area contributed by atoms with Crippen LogP contribution in [0.25, 0.3) is 0 Å². The van der Waals surface area contributed by atoms with Crippen LogP contribution >= 0.6 is 11.6 Å². The van der Waals surface area contributed by atoms with Gasteiger partial charge in [-0.3, -0.25) is 9.59 Å². The van der Waals surface area contributed by atoms with Crippen LogP contribution in [0, 0.1) is 18.3 Å². The molecule has 3 saturated heterocycles. The van der Waals surface area contributed by atoms with Gasteiger partial charge in [0.05, 0.1) is 41.9 Å². The lowest BCUT2D eigenvalue weighted by Gasteiger charge is -2.35. The minimum atomic E-state index is -0.709. The minimum Gasteiger partial charge on any atom is -0.497 e. The lowest BCUT2D eigenvalue weighted by Crippen LogP contribution is -2.55. The quantitative estimate of drug-likeness (QED) is 0.648. The first kappa shape index (κ1) is 21.3. The second-order valence-corrected chi connectivity index (χ2v) is 8.90. The molecule has 0 N–H and O–H groups in total. The Morgan fingerprint density at radius 1 is 1.27 bits per heavy atom. The molecule has 9 heteroatoms. The van der Waals surface area contributed by atoms with Gasteiger partial charge in [0.2, 0.25) is 5.91 Å². The number of halogens is 1. The number of amides is 4. The first-order valence-corrected chi connectivity index (χ1v) is 11.0. The molecule has 2 aromatic carbocycles. The van der Waals surface area contributed by atoms with Gasteiger partial charge in [-0.25, -0.2) is 9.69 Å². The number of piperazine rings is 1. The van der Waals surface area contributed by atoms with Crippen molar-refractivity contribution in [2.75, 3.05) is 18.6 Å². The molecule has 0 aromatic heterocycles. The number of ether oxygens (including phenoxy) is 1. The number of carbonyl (C=O) groups excluding carboxylic acids is 3. The highest BCUT2D eigenvalue weighted by molar-refractivity contribution is 6.33. The molecule has 4 amide bonds. The molecule has 1 unspecified atom stereocenters. The molecular weight excluding hydrogens is 444 g/mol. The summed E-state index contributed by atoms with van der Waals surface area (Å²) in [5, 5.41) is 9.42. The van der Waals surface area contributed by atoms with Crippen LogP contribution in [0.5, 0.6) is 5.75 Å². The number of urea groups is 1. The summed E-state index contributed by atoms with van der Waals surface area (Å²) in [5.41, 5.74) is 1.98. The maximum Gasteiger partial charge on any atom is 0.332 e. The summed E-state index contributed by atoms with van der Waals surface area (Å²) in [5.74, 6) is 0.236. The van der Waals surface area contributed by atoms with E-state index in [1.807, 2.05) is 30.3 Å². The van der Waals surface area contributed by atoms with E-state index in [1.54, 1.807) is 29.9 Å². The van der Waals surface area contributed by atoms with Crippen molar-refractivity contribution in [3.8, 4) is 11.8 Å². The predicted octanol–water partition coefficient (Wildman–Crippen LogP) is 2.89. The number of rotatable bonds is 4. The van der Waals surface area contributed by atoms with E-state index >= 15 is 0 Å². The maximum atomic E-state index is 13.4. The fourth-order valence-corrected chi connectivity index (χ4v) is 5.43. The Morgan fingerprint density at radius 3 is 2.79 bits per heavy atom. The SMILES string of the molecule is COc1cccc(CC(=O)N2C[C@H]3CC2[C@H]2C(=O)N(c4ccc(C#N)c(Cl)c4C)C(=O)N32)c1. The summed E-state index contributed by atoms with van der Waals surface area (Å²) in [6.07, 6.45) is 0.788. The molecular formula is C24H21ClN4O4. The number of carbonyl (C=O) groups is 3. The average Bonchev–Trinajstić information content (AvgIpc) is 3.48. The molecule has 3 fully saturated rings. The van der Waals surface area contributed by atoms with E-state index in [-0.39, 0.29) is 40.9 Å². The van der Waals surface area contributed by atoms with Gasteiger partial charge in [0.15, 0.2) is 0 Å². The van der Waals surface area contributed by atoms with E-state index < -0.39 is 12.1 Å². The molecule has 3 aliphatic rings. The predicted molar refractivity (Wildman–Crippen MR) is 120 cm³/mol. The van der Waals surface area contributed by atoms with E-state index in [0.717, 1.165) is 10.5 Å². The summed E-state index contributed by atoms with van der Waals surface area (Å²) in [6, 6.07) is 10.8. The third-order valence-corrected chi connectivity index (χ3v) is 7.28.